The predicted octanol–water partition coefficient (Wildman–Crippen LogP) is -1.39. The van der Waals surface area contributed by atoms with E-state index in [0.717, 1.165) is 5.56 Å². The standard InChI is InChI=1S/C22H32N4O8/c1-11(2)17(22(33)34)25-21(32)18(12(3)27)26-20(31)15(10-16(28)29)24-19(30)14(23)9-13-7-5-4-6-8-13/h4-8,11-12,14-15,17-18,27H,9-10,23H2,1-3H3,(H,24,30)(H,25,32)(H,26,31)(H,28,29)(H,33,34). The summed E-state index contributed by atoms with van der Waals surface area (Å²) < 4.78 is 0. The van der Waals surface area contributed by atoms with E-state index in [9.17, 15) is 34.2 Å². The molecular formula is C22H32N4O8. The van der Waals surface area contributed by atoms with Crippen LogP contribution in [0.25, 0.3) is 0 Å². The van der Waals surface area contributed by atoms with Crippen molar-refractivity contribution in [2.75, 3.05) is 0 Å². The van der Waals surface area contributed by atoms with Crippen molar-refractivity contribution in [3.05, 3.63) is 35.9 Å². The van der Waals surface area contributed by atoms with Crippen LogP contribution in [0.2, 0.25) is 0 Å². The number of amides is 3. The minimum absolute atomic E-state index is 0.137. The van der Waals surface area contributed by atoms with Crippen LogP contribution in [0.3, 0.4) is 0 Å². The van der Waals surface area contributed by atoms with E-state index in [0.29, 0.717) is 0 Å². The number of nitrogens with two attached hydrogens (primary N) is 1. The molecule has 8 N–H and O–H groups in total. The molecule has 0 saturated heterocycles. The fourth-order valence-electron chi connectivity index (χ4n) is 3.04. The number of benzene rings is 1. The second kappa shape index (κ2) is 13.3. The van der Waals surface area contributed by atoms with Gasteiger partial charge in [0.2, 0.25) is 17.7 Å². The number of hydrogen-bond donors (Lipinski definition) is 7. The van der Waals surface area contributed by atoms with Crippen LogP contribution >= 0.6 is 0 Å². The molecule has 0 aromatic heterocycles. The summed E-state index contributed by atoms with van der Waals surface area (Å²) in [6.45, 7) is 4.31. The number of carboxylic acids is 2. The number of carboxylic acid groups (broad SMARTS) is 2. The van der Waals surface area contributed by atoms with Crippen molar-refractivity contribution in [3.8, 4) is 0 Å². The van der Waals surface area contributed by atoms with Gasteiger partial charge in [0.15, 0.2) is 0 Å². The number of hydrogen-bond acceptors (Lipinski definition) is 7. The van der Waals surface area contributed by atoms with Crippen LogP contribution < -0.4 is 21.7 Å². The maximum absolute atomic E-state index is 12.7. The van der Waals surface area contributed by atoms with Crippen LogP contribution in [0.15, 0.2) is 30.3 Å². The van der Waals surface area contributed by atoms with Gasteiger partial charge in [-0.3, -0.25) is 19.2 Å². The lowest BCUT2D eigenvalue weighted by molar-refractivity contribution is -0.145. The third-order valence-corrected chi connectivity index (χ3v) is 4.94. The first-order valence-corrected chi connectivity index (χ1v) is 10.7. The zero-order valence-electron chi connectivity index (χ0n) is 19.2. The average molecular weight is 481 g/mol. The summed E-state index contributed by atoms with van der Waals surface area (Å²) in [5, 5.41) is 35.1. The molecule has 12 heteroatoms. The van der Waals surface area contributed by atoms with E-state index < -0.39 is 72.3 Å². The highest BCUT2D eigenvalue weighted by Gasteiger charge is 2.34. The molecule has 188 valence electrons. The van der Waals surface area contributed by atoms with E-state index in [4.69, 9.17) is 10.8 Å². The molecule has 3 amide bonds. The second-order valence-corrected chi connectivity index (χ2v) is 8.25. The van der Waals surface area contributed by atoms with Gasteiger partial charge in [-0.05, 0) is 24.8 Å². The summed E-state index contributed by atoms with van der Waals surface area (Å²) in [5.74, 6) is -6.01. The molecule has 0 saturated carbocycles. The Labute approximate surface area is 196 Å². The van der Waals surface area contributed by atoms with Crippen LogP contribution in [0.5, 0.6) is 0 Å². The van der Waals surface area contributed by atoms with E-state index >= 15 is 0 Å². The van der Waals surface area contributed by atoms with Crippen LogP contribution in [0, 0.1) is 5.92 Å². The number of aliphatic hydroxyl groups excluding tert-OH is 1. The Kier molecular flexibility index (Phi) is 11.1. The third kappa shape index (κ3) is 9.16. The molecule has 0 fully saturated rings. The maximum Gasteiger partial charge on any atom is 0.326 e. The molecule has 0 radical (unpaired) electrons. The van der Waals surface area contributed by atoms with Gasteiger partial charge in [0.1, 0.15) is 18.1 Å². The molecule has 0 aliphatic heterocycles. The Hall–Kier alpha value is -3.51. The van der Waals surface area contributed by atoms with Gasteiger partial charge in [-0.2, -0.15) is 0 Å². The fraction of sp³-hybridized carbons (Fsp3) is 0.500. The first-order chi connectivity index (χ1) is 15.8. The number of carbonyl (C=O) groups excluding carboxylic acids is 3. The van der Waals surface area contributed by atoms with Crippen molar-refractivity contribution in [3.63, 3.8) is 0 Å². The first-order valence-electron chi connectivity index (χ1n) is 10.7. The summed E-state index contributed by atoms with van der Waals surface area (Å²) >= 11 is 0. The zero-order valence-corrected chi connectivity index (χ0v) is 19.2. The largest absolute Gasteiger partial charge is 0.481 e. The van der Waals surface area contributed by atoms with Crippen molar-refractivity contribution in [1.82, 2.24) is 16.0 Å². The van der Waals surface area contributed by atoms with Gasteiger partial charge < -0.3 is 37.0 Å². The number of rotatable bonds is 13. The Balaban J connectivity index is 2.93. The van der Waals surface area contributed by atoms with Gasteiger partial charge in [0.05, 0.1) is 18.6 Å². The highest BCUT2D eigenvalue weighted by molar-refractivity contribution is 5.95. The van der Waals surface area contributed by atoms with Crippen LogP contribution in [0.4, 0.5) is 0 Å². The van der Waals surface area contributed by atoms with Gasteiger partial charge in [-0.15, -0.1) is 0 Å². The number of carbonyl (C=O) groups is 5. The van der Waals surface area contributed by atoms with E-state index in [1.54, 1.807) is 44.2 Å². The van der Waals surface area contributed by atoms with Gasteiger partial charge in [0.25, 0.3) is 0 Å². The van der Waals surface area contributed by atoms with Crippen molar-refractivity contribution >= 4 is 29.7 Å². The lowest BCUT2D eigenvalue weighted by atomic mass is 10.0. The minimum atomic E-state index is -1.60. The molecule has 0 aliphatic rings. The summed E-state index contributed by atoms with van der Waals surface area (Å²) in [6.07, 6.45) is -2.13. The second-order valence-electron chi connectivity index (χ2n) is 8.25. The monoisotopic (exact) mass is 480 g/mol. The van der Waals surface area contributed by atoms with E-state index in [1.165, 1.54) is 6.92 Å². The topological polar surface area (TPSA) is 208 Å². The normalized spacial score (nSPS) is 15.4. The van der Waals surface area contributed by atoms with Crippen molar-refractivity contribution in [2.24, 2.45) is 11.7 Å². The van der Waals surface area contributed by atoms with Gasteiger partial charge in [-0.1, -0.05) is 44.2 Å². The van der Waals surface area contributed by atoms with Crippen LogP contribution in [-0.2, 0) is 30.4 Å². The molecule has 0 heterocycles. The molecule has 1 aromatic rings. The maximum atomic E-state index is 12.7. The molecule has 34 heavy (non-hydrogen) atoms. The summed E-state index contributed by atoms with van der Waals surface area (Å²) in [7, 11) is 0. The van der Waals surface area contributed by atoms with E-state index in [-0.39, 0.29) is 6.42 Å². The number of aliphatic hydroxyl groups is 1. The van der Waals surface area contributed by atoms with Crippen LogP contribution in [-0.4, -0.2) is 75.3 Å². The van der Waals surface area contributed by atoms with Gasteiger partial charge in [0, 0.05) is 0 Å². The number of nitrogens with one attached hydrogen (secondary N) is 3. The average Bonchev–Trinajstić information content (AvgIpc) is 2.74. The smallest absolute Gasteiger partial charge is 0.326 e. The SMILES string of the molecule is CC(C)C(NC(=O)C(NC(=O)C(CC(=O)O)NC(=O)C(N)Cc1ccccc1)C(C)O)C(=O)O. The summed E-state index contributed by atoms with van der Waals surface area (Å²) in [6, 6.07) is 3.26. The first kappa shape index (κ1) is 28.5. The van der Waals surface area contributed by atoms with E-state index in [2.05, 4.69) is 16.0 Å². The predicted molar refractivity (Wildman–Crippen MR) is 120 cm³/mol. The quantitative estimate of drug-likeness (QED) is 0.177. The summed E-state index contributed by atoms with van der Waals surface area (Å²) in [5.41, 5.74) is 6.64. The Morgan fingerprint density at radius 2 is 1.41 bits per heavy atom. The fourth-order valence-corrected chi connectivity index (χ4v) is 3.04. The van der Waals surface area contributed by atoms with Crippen molar-refractivity contribution < 1.29 is 39.3 Å². The third-order valence-electron chi connectivity index (χ3n) is 4.94. The van der Waals surface area contributed by atoms with E-state index in [1.807, 2.05) is 0 Å². The lowest BCUT2D eigenvalue weighted by Crippen LogP contribution is -2.60. The van der Waals surface area contributed by atoms with Crippen molar-refractivity contribution in [1.29, 1.82) is 0 Å². The zero-order chi connectivity index (χ0) is 26.0. The lowest BCUT2D eigenvalue weighted by Gasteiger charge is -2.27. The highest BCUT2D eigenvalue weighted by Crippen LogP contribution is 2.06. The molecule has 5 atom stereocenters. The Morgan fingerprint density at radius 1 is 0.853 bits per heavy atom. The highest BCUT2D eigenvalue weighted by atomic mass is 16.4. The van der Waals surface area contributed by atoms with Gasteiger partial charge in [-0.25, -0.2) is 4.79 Å². The molecule has 0 aliphatic carbocycles. The molecule has 5 unspecified atom stereocenters. The van der Waals surface area contributed by atoms with Gasteiger partial charge >= 0.3 is 11.9 Å². The van der Waals surface area contributed by atoms with Crippen LogP contribution in [0.1, 0.15) is 32.8 Å². The molecule has 0 spiro atoms. The summed E-state index contributed by atoms with van der Waals surface area (Å²) in [4.78, 5) is 60.4. The number of aliphatic carboxylic acids is 2. The molecule has 1 rings (SSSR count). The molecule has 1 aromatic carbocycles. The molecular weight excluding hydrogens is 448 g/mol. The van der Waals surface area contributed by atoms with Crippen molar-refractivity contribution in [2.45, 2.75) is 63.9 Å². The Bertz CT molecular complexity index is 875. The molecule has 12 nitrogen and oxygen atoms in total. The Morgan fingerprint density at radius 3 is 1.88 bits per heavy atom. The molecule has 0 bridgehead atoms. The minimum Gasteiger partial charge on any atom is -0.481 e.